The highest BCUT2D eigenvalue weighted by Crippen LogP contribution is 2.12. The largest absolute Gasteiger partial charge is 0.329 e. The Morgan fingerprint density at radius 2 is 1.83 bits per heavy atom. The van der Waals surface area contributed by atoms with Crippen molar-refractivity contribution in [2.24, 2.45) is 10.9 Å². The number of hydrazone groups is 1. The third-order valence-electron chi connectivity index (χ3n) is 2.06. The lowest BCUT2D eigenvalue weighted by atomic mass is 10.1. The van der Waals surface area contributed by atoms with Crippen molar-refractivity contribution in [1.82, 2.24) is 4.98 Å². The topological polar surface area (TPSA) is 119 Å². The van der Waals surface area contributed by atoms with Crippen molar-refractivity contribution in [2.45, 2.75) is 0 Å². The Balaban J connectivity index is 0.000000659. The van der Waals surface area contributed by atoms with Crippen molar-refractivity contribution in [3.8, 4) is 13.1 Å². The molecule has 6 nitrogen and oxygen atoms in total. The van der Waals surface area contributed by atoms with Crippen LogP contribution >= 0.6 is 0 Å². The van der Waals surface area contributed by atoms with Crippen LogP contribution < -0.4 is 11.4 Å². The van der Waals surface area contributed by atoms with Gasteiger partial charge in [0.1, 0.15) is 0 Å². The smallest absolute Gasteiger partial charge is 0.255 e. The summed E-state index contributed by atoms with van der Waals surface area (Å²) in [6, 6.07) is 7.25. The lowest BCUT2D eigenvalue weighted by Crippen LogP contribution is -2.05. The molecule has 0 radical (unpaired) electrons. The molecular weight excluding hydrogens is 230 g/mol. The van der Waals surface area contributed by atoms with E-state index in [1.807, 2.05) is 12.1 Å². The quantitative estimate of drug-likeness (QED) is 0.441. The Morgan fingerprint density at radius 1 is 1.17 bits per heavy atom. The zero-order chi connectivity index (χ0) is 14.0. The van der Waals surface area contributed by atoms with Crippen molar-refractivity contribution < 1.29 is 0 Å². The molecule has 2 rings (SSSR count). The predicted molar refractivity (Wildman–Crippen MR) is 69.7 cm³/mol. The summed E-state index contributed by atoms with van der Waals surface area (Å²) in [6.07, 6.45) is 3.14. The van der Waals surface area contributed by atoms with Crippen molar-refractivity contribution >= 4 is 17.0 Å². The highest BCUT2D eigenvalue weighted by atomic mass is 16.1. The van der Waals surface area contributed by atoms with E-state index in [-0.39, 0.29) is 5.56 Å². The Hall–Kier alpha value is -3.12. The highest BCUT2D eigenvalue weighted by Gasteiger charge is 2.00. The number of aromatic nitrogens is 1. The first-order chi connectivity index (χ1) is 8.83. The first-order valence-electron chi connectivity index (χ1n) is 4.68. The maximum Gasteiger partial charge on any atom is 0.255 e. The van der Waals surface area contributed by atoms with Gasteiger partial charge in [-0.25, -0.2) is 10.5 Å². The number of nitrogens with zero attached hydrogens (tertiary/aromatic N) is 3. The molecule has 0 atom stereocenters. The van der Waals surface area contributed by atoms with Gasteiger partial charge in [-0.1, -0.05) is 12.1 Å². The van der Waals surface area contributed by atoms with Gasteiger partial charge in [0.25, 0.3) is 5.56 Å². The maximum atomic E-state index is 11.4. The van der Waals surface area contributed by atoms with Gasteiger partial charge in [0.15, 0.2) is 0 Å². The van der Waals surface area contributed by atoms with Crippen LogP contribution in [0.5, 0.6) is 0 Å². The Bertz CT molecular complexity index is 618. The minimum Gasteiger partial charge on any atom is -0.329 e. The number of hydrogen-bond donors (Lipinski definition) is 2. The lowest BCUT2D eigenvalue weighted by molar-refractivity contribution is 1.26. The summed E-state index contributed by atoms with van der Waals surface area (Å²) in [5.74, 6) is 5.07. The summed E-state index contributed by atoms with van der Waals surface area (Å²) in [7, 11) is 0. The van der Waals surface area contributed by atoms with Crippen LogP contribution in [0.3, 0.4) is 0 Å². The summed E-state index contributed by atoms with van der Waals surface area (Å²) >= 11 is 0. The predicted octanol–water partition coefficient (Wildman–Crippen LogP) is 1.10. The zero-order valence-corrected chi connectivity index (χ0v) is 9.45. The number of nitrogens with one attached hydrogen (secondary N) is 1. The molecule has 6 heteroatoms. The van der Waals surface area contributed by atoms with Crippen molar-refractivity contribution in [3.05, 3.63) is 46.4 Å². The number of pyridine rings is 1. The maximum absolute atomic E-state index is 11.4. The standard InChI is InChI=1S/C10H9N3O.2CHN/c11-13-6-7-2-1-3-9-8(7)4-5-12-10(9)14;2*1-2/h1-6H,11H2,(H,12,14);2*1H. The van der Waals surface area contributed by atoms with Gasteiger partial charge in [0, 0.05) is 30.3 Å². The minimum absolute atomic E-state index is 0.102. The molecule has 0 aliphatic carbocycles. The van der Waals surface area contributed by atoms with Gasteiger partial charge in [-0.2, -0.15) is 5.10 Å². The van der Waals surface area contributed by atoms with Crippen LogP contribution in [0.15, 0.2) is 40.4 Å². The number of nitriles is 2. The molecule has 0 aliphatic heterocycles. The van der Waals surface area contributed by atoms with Crippen LogP contribution in [0.4, 0.5) is 0 Å². The molecule has 1 aromatic carbocycles. The SMILES string of the molecule is C#N.C#N.NN=Cc1cccc2c(=O)[nH]ccc12. The Labute approximate surface area is 104 Å². The first kappa shape index (κ1) is 14.9. The molecule has 0 amide bonds. The third kappa shape index (κ3) is 3.19. The fraction of sp³-hybridized carbons (Fsp3) is 0. The number of hydrogen-bond acceptors (Lipinski definition) is 5. The molecule has 1 heterocycles. The number of nitrogens with two attached hydrogens (primary N) is 1. The van der Waals surface area contributed by atoms with Gasteiger partial charge in [-0.05, 0) is 17.5 Å². The highest BCUT2D eigenvalue weighted by molar-refractivity contribution is 5.99. The van der Waals surface area contributed by atoms with Crippen LogP contribution in [-0.2, 0) is 0 Å². The van der Waals surface area contributed by atoms with Crippen LogP contribution in [0.25, 0.3) is 10.8 Å². The van der Waals surface area contributed by atoms with E-state index in [1.165, 1.54) is 6.21 Å². The average molecular weight is 241 g/mol. The summed E-state index contributed by atoms with van der Waals surface area (Å²) in [4.78, 5) is 14.0. The van der Waals surface area contributed by atoms with E-state index in [0.717, 1.165) is 10.9 Å². The molecule has 1 aromatic heterocycles. The molecule has 18 heavy (non-hydrogen) atoms. The normalized spacial score (nSPS) is 8.89. The van der Waals surface area contributed by atoms with E-state index < -0.39 is 0 Å². The van der Waals surface area contributed by atoms with E-state index in [4.69, 9.17) is 16.4 Å². The fourth-order valence-corrected chi connectivity index (χ4v) is 1.44. The second kappa shape index (κ2) is 8.08. The first-order valence-corrected chi connectivity index (χ1v) is 4.68. The molecule has 0 saturated heterocycles. The fourth-order valence-electron chi connectivity index (χ4n) is 1.44. The van der Waals surface area contributed by atoms with Crippen molar-refractivity contribution in [1.29, 1.82) is 10.5 Å². The van der Waals surface area contributed by atoms with Crippen LogP contribution in [0.1, 0.15) is 5.56 Å². The van der Waals surface area contributed by atoms with Crippen LogP contribution in [-0.4, -0.2) is 11.2 Å². The summed E-state index contributed by atoms with van der Waals surface area (Å²) in [5, 5.41) is 17.9. The molecule has 0 aliphatic rings. The van der Waals surface area contributed by atoms with E-state index in [9.17, 15) is 4.79 Å². The molecule has 0 unspecified atom stereocenters. The molecule has 3 N–H and O–H groups in total. The van der Waals surface area contributed by atoms with Gasteiger partial charge in [0.05, 0.1) is 6.21 Å². The van der Waals surface area contributed by atoms with Crippen LogP contribution in [0.2, 0.25) is 0 Å². The monoisotopic (exact) mass is 241 g/mol. The molecule has 0 bridgehead atoms. The number of benzene rings is 1. The summed E-state index contributed by atoms with van der Waals surface area (Å²) in [5.41, 5.74) is 0.742. The van der Waals surface area contributed by atoms with Crippen molar-refractivity contribution in [3.63, 3.8) is 0 Å². The molecule has 2 aromatic rings. The van der Waals surface area contributed by atoms with E-state index in [2.05, 4.69) is 23.2 Å². The molecule has 0 fully saturated rings. The molecule has 0 spiro atoms. The van der Waals surface area contributed by atoms with E-state index in [1.54, 1.807) is 18.3 Å². The third-order valence-corrected chi connectivity index (χ3v) is 2.06. The zero-order valence-electron chi connectivity index (χ0n) is 9.45. The number of rotatable bonds is 1. The van der Waals surface area contributed by atoms with Gasteiger partial charge in [-0.3, -0.25) is 4.79 Å². The summed E-state index contributed by atoms with van der Waals surface area (Å²) in [6.45, 7) is 7.00. The average Bonchev–Trinajstić information content (AvgIpc) is 2.45. The number of fused-ring (bicyclic) bond motifs is 1. The van der Waals surface area contributed by atoms with E-state index >= 15 is 0 Å². The lowest BCUT2D eigenvalue weighted by Gasteiger charge is -1.99. The number of aromatic amines is 1. The number of H-pyrrole nitrogens is 1. The van der Waals surface area contributed by atoms with Gasteiger partial charge >= 0.3 is 0 Å². The van der Waals surface area contributed by atoms with Gasteiger partial charge in [0.2, 0.25) is 0 Å². The second-order valence-corrected chi connectivity index (χ2v) is 2.89. The van der Waals surface area contributed by atoms with Gasteiger partial charge in [-0.15, -0.1) is 0 Å². The molecule has 0 saturated carbocycles. The minimum atomic E-state index is -0.102. The second-order valence-electron chi connectivity index (χ2n) is 2.89. The van der Waals surface area contributed by atoms with Crippen LogP contribution in [0, 0.1) is 23.7 Å². The molecule has 90 valence electrons. The Morgan fingerprint density at radius 3 is 2.44 bits per heavy atom. The van der Waals surface area contributed by atoms with Crippen molar-refractivity contribution in [2.75, 3.05) is 0 Å². The summed E-state index contributed by atoms with van der Waals surface area (Å²) < 4.78 is 0. The van der Waals surface area contributed by atoms with E-state index in [0.29, 0.717) is 5.39 Å². The van der Waals surface area contributed by atoms with Gasteiger partial charge < -0.3 is 10.8 Å². The molecular formula is C12H11N5O. The Kier molecular flexibility index (Phi) is 6.68.